The summed E-state index contributed by atoms with van der Waals surface area (Å²) in [6, 6.07) is 2.19. The largest absolute Gasteiger partial charge is 0.438 e. The van der Waals surface area contributed by atoms with Gasteiger partial charge in [0.2, 0.25) is 0 Å². The summed E-state index contributed by atoms with van der Waals surface area (Å²) < 4.78 is 18.2. The van der Waals surface area contributed by atoms with Gasteiger partial charge in [-0.1, -0.05) is 26.7 Å². The van der Waals surface area contributed by atoms with Gasteiger partial charge in [-0.3, -0.25) is 0 Å². The summed E-state index contributed by atoms with van der Waals surface area (Å²) in [4.78, 5) is 0. The molecule has 2 radical (unpaired) electrons. The van der Waals surface area contributed by atoms with Crippen molar-refractivity contribution in [2.24, 2.45) is 0 Å². The molecule has 0 aromatic rings. The third-order valence-electron chi connectivity index (χ3n) is 1.87. The van der Waals surface area contributed by atoms with E-state index < -0.39 is 36.6 Å². The molecule has 0 amide bonds. The van der Waals surface area contributed by atoms with E-state index in [9.17, 15) is 0 Å². The van der Waals surface area contributed by atoms with E-state index >= 15 is 0 Å². The summed E-state index contributed by atoms with van der Waals surface area (Å²) >= 11 is 0. The summed E-state index contributed by atoms with van der Waals surface area (Å²) in [6.45, 7) is 13.3. The molecule has 0 unspecified atom stereocenters. The van der Waals surface area contributed by atoms with Gasteiger partial charge in [0, 0.05) is 0 Å². The molecule has 0 aromatic heterocycles. The number of rotatable bonds is 10. The van der Waals surface area contributed by atoms with Gasteiger partial charge in [-0.15, -0.1) is 0 Å². The lowest BCUT2D eigenvalue weighted by molar-refractivity contribution is 0.370. The minimum Gasteiger partial charge on any atom is -0.438 e. The highest BCUT2D eigenvalue weighted by Crippen LogP contribution is 2.10. The molecule has 102 valence electrons. The van der Waals surface area contributed by atoms with Crippen LogP contribution < -0.4 is 0 Å². The molecule has 0 rings (SSSR count). The standard InChI is InChI=1S/C10H28O3Si4/c1-7-9-16(11-14(3)4)13-17(10-8-2)12-15(5)6/h14-15H,7-10H2,1-6H3. The van der Waals surface area contributed by atoms with Crippen LogP contribution in [0, 0.1) is 0 Å². The minimum absolute atomic E-state index is 0.982. The average molecular weight is 309 g/mol. The fourth-order valence-electron chi connectivity index (χ4n) is 1.33. The predicted molar refractivity (Wildman–Crippen MR) is 82.7 cm³/mol. The van der Waals surface area contributed by atoms with Crippen molar-refractivity contribution in [1.29, 1.82) is 0 Å². The maximum absolute atomic E-state index is 6.18. The molecule has 0 aliphatic heterocycles. The molecule has 0 heterocycles. The Labute approximate surface area is 114 Å². The number of hydrogen-bond donors (Lipinski definition) is 0. The van der Waals surface area contributed by atoms with Gasteiger partial charge in [0.15, 0.2) is 18.1 Å². The first kappa shape index (κ1) is 17.7. The number of hydrogen-bond acceptors (Lipinski definition) is 3. The predicted octanol–water partition coefficient (Wildman–Crippen LogP) is 2.80. The third-order valence-corrected chi connectivity index (χ3v) is 11.4. The average Bonchev–Trinajstić information content (AvgIpc) is 2.16. The lowest BCUT2D eigenvalue weighted by atomic mass is 10.6. The van der Waals surface area contributed by atoms with Crippen molar-refractivity contribution in [2.75, 3.05) is 0 Å². The second kappa shape index (κ2) is 10.7. The molecule has 0 N–H and O–H groups in total. The Kier molecular flexibility index (Phi) is 11.1. The van der Waals surface area contributed by atoms with E-state index in [0.29, 0.717) is 0 Å². The summed E-state index contributed by atoms with van der Waals surface area (Å²) in [5, 5.41) is 0. The van der Waals surface area contributed by atoms with Crippen molar-refractivity contribution in [3.05, 3.63) is 0 Å². The zero-order chi connectivity index (χ0) is 13.3. The normalized spacial score (nSPS) is 12.4. The van der Waals surface area contributed by atoms with Crippen LogP contribution in [-0.2, 0) is 12.3 Å². The lowest BCUT2D eigenvalue weighted by Crippen LogP contribution is -2.38. The summed E-state index contributed by atoms with van der Waals surface area (Å²) in [6.07, 6.45) is 2.30. The van der Waals surface area contributed by atoms with E-state index in [1.807, 2.05) is 0 Å². The Balaban J connectivity index is 4.22. The van der Waals surface area contributed by atoms with E-state index in [0.717, 1.165) is 24.9 Å². The molecule has 0 saturated heterocycles. The van der Waals surface area contributed by atoms with Crippen LogP contribution in [0.4, 0.5) is 0 Å². The van der Waals surface area contributed by atoms with Crippen LogP contribution in [0.1, 0.15) is 26.7 Å². The molecule has 7 heteroatoms. The van der Waals surface area contributed by atoms with Gasteiger partial charge < -0.3 is 12.3 Å². The smallest absolute Gasteiger partial charge is 0.363 e. The Hall–Kier alpha value is 0.748. The fourth-order valence-corrected chi connectivity index (χ4v) is 10.4. The molecule has 0 fully saturated rings. The maximum Gasteiger partial charge on any atom is 0.363 e. The van der Waals surface area contributed by atoms with E-state index in [2.05, 4.69) is 40.0 Å². The van der Waals surface area contributed by atoms with Gasteiger partial charge in [0.1, 0.15) is 0 Å². The Morgan fingerprint density at radius 1 is 0.765 bits per heavy atom. The molecule has 0 aliphatic rings. The van der Waals surface area contributed by atoms with Crippen LogP contribution in [0.25, 0.3) is 0 Å². The zero-order valence-electron chi connectivity index (χ0n) is 12.2. The van der Waals surface area contributed by atoms with Crippen molar-refractivity contribution >= 4 is 36.6 Å². The van der Waals surface area contributed by atoms with Gasteiger partial charge in [0.05, 0.1) is 0 Å². The quantitative estimate of drug-likeness (QED) is 0.581. The van der Waals surface area contributed by atoms with Gasteiger partial charge in [-0.25, -0.2) is 0 Å². The molecule has 0 aromatic carbocycles. The SMILES string of the molecule is CCC[Si](O[Si](CCC)O[SiH](C)C)O[SiH](C)C. The van der Waals surface area contributed by atoms with Gasteiger partial charge in [-0.2, -0.15) is 0 Å². The molecular formula is C10H28O3Si4. The molecule has 0 bridgehead atoms. The molecular weight excluding hydrogens is 280 g/mol. The fraction of sp³-hybridized carbons (Fsp3) is 1.00. The van der Waals surface area contributed by atoms with Crippen molar-refractivity contribution in [3.63, 3.8) is 0 Å². The maximum atomic E-state index is 6.18. The van der Waals surface area contributed by atoms with Crippen LogP contribution in [0.3, 0.4) is 0 Å². The summed E-state index contributed by atoms with van der Waals surface area (Å²) in [7, 11) is -4.08. The van der Waals surface area contributed by atoms with E-state index in [4.69, 9.17) is 12.3 Å². The van der Waals surface area contributed by atoms with Gasteiger partial charge in [-0.05, 0) is 38.3 Å². The molecule has 0 spiro atoms. The van der Waals surface area contributed by atoms with Crippen molar-refractivity contribution in [3.8, 4) is 0 Å². The summed E-state index contributed by atoms with van der Waals surface area (Å²) in [5.74, 6) is 0. The Bertz CT molecular complexity index is 163. The highest BCUT2D eigenvalue weighted by atomic mass is 28.4. The third kappa shape index (κ3) is 10.4. The van der Waals surface area contributed by atoms with Crippen molar-refractivity contribution in [1.82, 2.24) is 0 Å². The second-order valence-electron chi connectivity index (χ2n) is 4.68. The van der Waals surface area contributed by atoms with Crippen LogP contribution in [-0.4, -0.2) is 36.6 Å². The van der Waals surface area contributed by atoms with E-state index in [1.165, 1.54) is 0 Å². The molecule has 0 saturated carbocycles. The van der Waals surface area contributed by atoms with E-state index in [-0.39, 0.29) is 0 Å². The van der Waals surface area contributed by atoms with Gasteiger partial charge >= 0.3 is 18.6 Å². The molecule has 0 aliphatic carbocycles. The molecule has 3 nitrogen and oxygen atoms in total. The van der Waals surface area contributed by atoms with E-state index in [1.54, 1.807) is 0 Å². The highest BCUT2D eigenvalue weighted by Gasteiger charge is 2.25. The van der Waals surface area contributed by atoms with Crippen molar-refractivity contribution in [2.45, 2.75) is 65.0 Å². The Morgan fingerprint density at radius 3 is 1.35 bits per heavy atom. The van der Waals surface area contributed by atoms with Crippen LogP contribution in [0.15, 0.2) is 0 Å². The first-order valence-corrected chi connectivity index (χ1v) is 15.3. The monoisotopic (exact) mass is 308 g/mol. The minimum atomic E-state index is -1.06. The van der Waals surface area contributed by atoms with Crippen LogP contribution in [0.5, 0.6) is 0 Å². The zero-order valence-corrected chi connectivity index (χ0v) is 16.5. The lowest BCUT2D eigenvalue weighted by Gasteiger charge is -2.23. The second-order valence-corrected chi connectivity index (χ2v) is 14.1. The molecule has 0 atom stereocenters. The van der Waals surface area contributed by atoms with Crippen LogP contribution in [0.2, 0.25) is 38.3 Å². The summed E-state index contributed by atoms with van der Waals surface area (Å²) in [5.41, 5.74) is 0. The topological polar surface area (TPSA) is 27.7 Å². The highest BCUT2D eigenvalue weighted by molar-refractivity contribution is 6.69. The molecule has 17 heavy (non-hydrogen) atoms. The first-order valence-electron chi connectivity index (χ1n) is 6.72. The van der Waals surface area contributed by atoms with Gasteiger partial charge in [0.25, 0.3) is 0 Å². The first-order chi connectivity index (χ1) is 7.99. The van der Waals surface area contributed by atoms with Crippen molar-refractivity contribution < 1.29 is 12.3 Å². The van der Waals surface area contributed by atoms with Crippen LogP contribution >= 0.6 is 0 Å². The Morgan fingerprint density at radius 2 is 1.12 bits per heavy atom.